The Morgan fingerprint density at radius 1 is 1.83 bits per heavy atom. The third kappa shape index (κ3) is 8.82. The molecule has 0 aromatic rings. The van der Waals surface area contributed by atoms with Gasteiger partial charge >= 0.3 is 0 Å². The first-order valence-corrected chi connectivity index (χ1v) is 1.64. The van der Waals surface area contributed by atoms with Gasteiger partial charge in [-0.25, -0.2) is 0 Å². The zero-order valence-electron chi connectivity index (χ0n) is 4.36. The molecule has 1 nitrogen and oxygen atoms in total. The van der Waals surface area contributed by atoms with Crippen molar-refractivity contribution in [1.82, 2.24) is 0 Å². The predicted molar refractivity (Wildman–Crippen MR) is 27.8 cm³/mol. The van der Waals surface area contributed by atoms with Crippen molar-refractivity contribution in [2.24, 2.45) is 0 Å². The molecule has 0 spiro atoms. The Hall–Kier alpha value is 0.540. The van der Waals surface area contributed by atoms with Crippen LogP contribution in [0.1, 0.15) is 13.3 Å². The molecule has 0 rings (SSSR count). The molecule has 0 heterocycles. The average molecular weight is 95.1 g/mol. The molecule has 0 saturated carbocycles. The minimum atomic E-state index is 0. The van der Waals surface area contributed by atoms with E-state index in [1.54, 1.807) is 0 Å². The van der Waals surface area contributed by atoms with E-state index in [1.165, 1.54) is 0 Å². The van der Waals surface area contributed by atoms with E-state index < -0.39 is 0 Å². The number of hydrogen-bond acceptors (Lipinski definition) is 1. The van der Waals surface area contributed by atoms with Crippen molar-refractivity contribution in [3.05, 3.63) is 12.3 Å². The molecule has 0 unspecified atom stereocenters. The Balaban J connectivity index is 0. The molecule has 0 saturated heterocycles. The summed E-state index contributed by atoms with van der Waals surface area (Å²) < 4.78 is 0. The third-order valence-corrected chi connectivity index (χ3v) is 0.408. The van der Waals surface area contributed by atoms with Crippen LogP contribution in [0.3, 0.4) is 0 Å². The Kier molecular flexibility index (Phi) is 8.99. The summed E-state index contributed by atoms with van der Waals surface area (Å²) in [4.78, 5) is 0. The number of allylic oxidation sites excluding steroid dienone is 1. The maximum absolute atomic E-state index is 8.17. The Labute approximate surface area is 60.4 Å². The molecule has 0 aliphatic heterocycles. The van der Waals surface area contributed by atoms with Gasteiger partial charge in [0.15, 0.2) is 0 Å². The number of aliphatic hydroxyl groups is 1. The standard InChI is InChI=1S/C4H8O.Na/c1-3-4(2)5;/h5H,2-3H2,1H3;. The van der Waals surface area contributed by atoms with Crippen LogP contribution < -0.4 is 0 Å². The summed E-state index contributed by atoms with van der Waals surface area (Å²) in [5.41, 5.74) is 0. The maximum atomic E-state index is 8.17. The minimum Gasteiger partial charge on any atom is -0.513 e. The quantitative estimate of drug-likeness (QED) is 0.381. The third-order valence-electron chi connectivity index (χ3n) is 0.408. The topological polar surface area (TPSA) is 20.2 Å². The summed E-state index contributed by atoms with van der Waals surface area (Å²) in [6.07, 6.45) is 0.667. The van der Waals surface area contributed by atoms with E-state index in [0.29, 0.717) is 6.42 Å². The van der Waals surface area contributed by atoms with E-state index >= 15 is 0 Å². The van der Waals surface area contributed by atoms with E-state index in [4.69, 9.17) is 5.11 Å². The number of rotatable bonds is 1. The van der Waals surface area contributed by atoms with Gasteiger partial charge in [-0.2, -0.15) is 0 Å². The summed E-state index contributed by atoms with van der Waals surface area (Å²) in [6.45, 7) is 5.08. The normalized spacial score (nSPS) is 6.17. The molecule has 31 valence electrons. The molecule has 2 heteroatoms. The van der Waals surface area contributed by atoms with Crippen molar-refractivity contribution < 1.29 is 5.11 Å². The van der Waals surface area contributed by atoms with Crippen molar-refractivity contribution >= 4 is 29.6 Å². The van der Waals surface area contributed by atoms with Gasteiger partial charge in [0.25, 0.3) is 0 Å². The van der Waals surface area contributed by atoms with Gasteiger partial charge in [-0.15, -0.1) is 0 Å². The maximum Gasteiger partial charge on any atom is 0.0848 e. The molecule has 0 aromatic carbocycles. The molecule has 1 N–H and O–H groups in total. The molecule has 1 radical (unpaired) electrons. The molecule has 6 heavy (non-hydrogen) atoms. The van der Waals surface area contributed by atoms with Gasteiger partial charge in [0.05, 0.1) is 5.76 Å². The van der Waals surface area contributed by atoms with E-state index in [0.717, 1.165) is 0 Å². The van der Waals surface area contributed by atoms with Gasteiger partial charge < -0.3 is 5.11 Å². The van der Waals surface area contributed by atoms with E-state index in [2.05, 4.69) is 6.58 Å². The van der Waals surface area contributed by atoms with E-state index in [-0.39, 0.29) is 35.3 Å². The van der Waals surface area contributed by atoms with Gasteiger partial charge in [-0.05, 0) is 0 Å². The fourth-order valence-corrected chi connectivity index (χ4v) is 0. The van der Waals surface area contributed by atoms with Crippen LogP contribution in [0.4, 0.5) is 0 Å². The smallest absolute Gasteiger partial charge is 0.0848 e. The van der Waals surface area contributed by atoms with Crippen molar-refractivity contribution in [3.63, 3.8) is 0 Å². The second-order valence-electron chi connectivity index (χ2n) is 0.920. The SMILES string of the molecule is C=C(O)CC.[Na]. The van der Waals surface area contributed by atoms with Crippen molar-refractivity contribution in [2.45, 2.75) is 13.3 Å². The van der Waals surface area contributed by atoms with Crippen molar-refractivity contribution in [3.8, 4) is 0 Å². The molecule has 0 atom stereocenters. The zero-order chi connectivity index (χ0) is 4.28. The van der Waals surface area contributed by atoms with Crippen LogP contribution in [0.25, 0.3) is 0 Å². The van der Waals surface area contributed by atoms with Crippen LogP contribution >= 0.6 is 0 Å². The molecule has 0 fully saturated rings. The van der Waals surface area contributed by atoms with Gasteiger partial charge in [0, 0.05) is 36.0 Å². The minimum absolute atomic E-state index is 0. The second kappa shape index (κ2) is 5.54. The van der Waals surface area contributed by atoms with Crippen LogP contribution in [0, 0.1) is 0 Å². The Morgan fingerprint density at radius 3 is 2.00 bits per heavy atom. The van der Waals surface area contributed by atoms with Gasteiger partial charge in [-0.1, -0.05) is 13.5 Å². The molecule has 0 bridgehead atoms. The summed E-state index contributed by atoms with van der Waals surface area (Å²) in [7, 11) is 0. The number of aliphatic hydroxyl groups excluding tert-OH is 1. The molecule has 0 aromatic heterocycles. The number of hydrogen-bond donors (Lipinski definition) is 1. The first-order valence-electron chi connectivity index (χ1n) is 1.64. The fourth-order valence-electron chi connectivity index (χ4n) is 0. The summed E-state index contributed by atoms with van der Waals surface area (Å²) in [5.74, 6) is 0.255. The Bertz CT molecular complexity index is 42.8. The first-order chi connectivity index (χ1) is 2.27. The van der Waals surface area contributed by atoms with E-state index in [9.17, 15) is 0 Å². The van der Waals surface area contributed by atoms with Crippen molar-refractivity contribution in [1.29, 1.82) is 0 Å². The van der Waals surface area contributed by atoms with Gasteiger partial charge in [0.2, 0.25) is 0 Å². The largest absolute Gasteiger partial charge is 0.513 e. The molecule has 0 aliphatic carbocycles. The Morgan fingerprint density at radius 2 is 2.00 bits per heavy atom. The molecule has 0 aliphatic rings. The summed E-state index contributed by atoms with van der Waals surface area (Å²) in [5, 5.41) is 8.17. The predicted octanol–water partition coefficient (Wildman–Crippen LogP) is 1.09. The monoisotopic (exact) mass is 95.0 g/mol. The fraction of sp³-hybridized carbons (Fsp3) is 0.500. The van der Waals surface area contributed by atoms with Crippen LogP contribution in [0.5, 0.6) is 0 Å². The van der Waals surface area contributed by atoms with Crippen LogP contribution in [0.15, 0.2) is 12.3 Å². The van der Waals surface area contributed by atoms with Crippen LogP contribution in [-0.2, 0) is 0 Å². The van der Waals surface area contributed by atoms with Crippen LogP contribution in [-0.4, -0.2) is 34.7 Å². The second-order valence-corrected chi connectivity index (χ2v) is 0.920. The molecule has 0 amide bonds. The van der Waals surface area contributed by atoms with Crippen molar-refractivity contribution in [2.75, 3.05) is 0 Å². The van der Waals surface area contributed by atoms with Gasteiger partial charge in [-0.3, -0.25) is 0 Å². The molecular weight excluding hydrogens is 87.0 g/mol. The summed E-state index contributed by atoms with van der Waals surface area (Å²) in [6, 6.07) is 0. The molecular formula is C4H8NaO. The average Bonchev–Trinajstić information content (AvgIpc) is 1.38. The summed E-state index contributed by atoms with van der Waals surface area (Å²) >= 11 is 0. The van der Waals surface area contributed by atoms with E-state index in [1.807, 2.05) is 6.92 Å². The zero-order valence-corrected chi connectivity index (χ0v) is 6.36. The van der Waals surface area contributed by atoms with Crippen LogP contribution in [0.2, 0.25) is 0 Å². The van der Waals surface area contributed by atoms with Gasteiger partial charge in [0.1, 0.15) is 0 Å². The first kappa shape index (κ1) is 9.74.